The van der Waals surface area contributed by atoms with Gasteiger partial charge in [-0.2, -0.15) is 8.48 Å². The molecule has 0 spiro atoms. The van der Waals surface area contributed by atoms with Crippen LogP contribution in [0.2, 0.25) is 0 Å². The average molecular weight is 165 g/mol. The fourth-order valence-electron chi connectivity index (χ4n) is 0.430. The number of hydrogen-bond acceptors (Lipinski definition) is 2. The monoisotopic (exact) mass is 164 g/mol. The summed E-state index contributed by atoms with van der Waals surface area (Å²) in [5.41, 5.74) is -2.00. The Morgan fingerprint density at radius 2 is 2.20 bits per heavy atom. The molecule has 0 fully saturated rings. The number of halogens is 2. The molecule has 1 aromatic heterocycles. The van der Waals surface area contributed by atoms with Crippen LogP contribution in [0.5, 0.6) is 0 Å². The molecule has 0 saturated heterocycles. The Bertz CT molecular complexity index is 355. The maximum Gasteiger partial charge on any atom is 0.343 e. The molecular formula is C4H2ClFN2O2. The molecule has 0 saturated carbocycles. The first-order chi connectivity index (χ1) is 4.63. The Morgan fingerprint density at radius 3 is 2.70 bits per heavy atom. The van der Waals surface area contributed by atoms with Crippen LogP contribution in [-0.4, -0.2) is 9.07 Å². The van der Waals surface area contributed by atoms with Gasteiger partial charge in [0, 0.05) is 18.0 Å². The maximum atomic E-state index is 12.2. The number of nitrogens with zero attached hydrogens (tertiary/aromatic N) is 1. The van der Waals surface area contributed by atoms with Crippen molar-refractivity contribution < 1.29 is 4.39 Å². The largest absolute Gasteiger partial charge is 0.343 e. The van der Waals surface area contributed by atoms with Gasteiger partial charge in [-0.05, 0) is 0 Å². The van der Waals surface area contributed by atoms with Crippen molar-refractivity contribution in [1.82, 2.24) is 9.07 Å². The van der Waals surface area contributed by atoms with Crippen molar-refractivity contribution in [2.24, 2.45) is 0 Å². The highest BCUT2D eigenvalue weighted by atomic mass is 35.5. The second-order valence-electron chi connectivity index (χ2n) is 1.53. The first kappa shape index (κ1) is 7.01. The lowest BCUT2D eigenvalue weighted by Gasteiger charge is -1.88. The summed E-state index contributed by atoms with van der Waals surface area (Å²) < 4.78 is 12.3. The Morgan fingerprint density at radius 1 is 1.60 bits per heavy atom. The van der Waals surface area contributed by atoms with Crippen molar-refractivity contribution in [3.63, 3.8) is 0 Å². The van der Waals surface area contributed by atoms with Gasteiger partial charge >= 0.3 is 11.2 Å². The summed E-state index contributed by atoms with van der Waals surface area (Å²) in [6, 6.07) is 0. The van der Waals surface area contributed by atoms with Gasteiger partial charge in [-0.3, -0.25) is 4.79 Å². The Labute approximate surface area is 59.0 Å². The quantitative estimate of drug-likeness (QED) is 0.571. The molecular weight excluding hydrogens is 163 g/mol. The van der Waals surface area contributed by atoms with Gasteiger partial charge in [0.25, 0.3) is 0 Å². The summed E-state index contributed by atoms with van der Waals surface area (Å²) >= 11 is 5.00. The highest BCUT2D eigenvalue weighted by molar-refractivity contribution is 6.15. The van der Waals surface area contributed by atoms with Crippen LogP contribution in [-0.2, 0) is 0 Å². The first-order valence-corrected chi connectivity index (χ1v) is 2.63. The number of aromatic nitrogens is 2. The van der Waals surface area contributed by atoms with E-state index >= 15 is 0 Å². The molecule has 4 nitrogen and oxygen atoms in total. The molecule has 0 aliphatic rings. The Hall–Kier alpha value is -1.10. The Kier molecular flexibility index (Phi) is 1.58. The first-order valence-electron chi connectivity index (χ1n) is 2.29. The minimum atomic E-state index is -1.15. The van der Waals surface area contributed by atoms with Crippen LogP contribution in [0.15, 0.2) is 15.8 Å². The summed E-state index contributed by atoms with van der Waals surface area (Å²) in [6.45, 7) is 0. The summed E-state index contributed by atoms with van der Waals surface area (Å²) in [5, 5.41) is 0. The maximum absolute atomic E-state index is 12.2. The fourth-order valence-corrected chi connectivity index (χ4v) is 0.559. The van der Waals surface area contributed by atoms with Crippen LogP contribution >= 0.6 is 11.8 Å². The lowest BCUT2D eigenvalue weighted by molar-refractivity contribution is 0.591. The molecule has 0 radical (unpaired) electrons. The van der Waals surface area contributed by atoms with Crippen LogP contribution in [0.4, 0.5) is 4.39 Å². The standard InChI is InChI=1S/C4H2ClFN2O2/c5-8-3(9)2(6)1-7-4(8)10/h1H,(H,7,10). The van der Waals surface area contributed by atoms with Crippen molar-refractivity contribution in [2.75, 3.05) is 0 Å². The Balaban J connectivity index is 3.66. The topological polar surface area (TPSA) is 54.9 Å². The molecule has 0 bridgehead atoms. The predicted molar refractivity (Wildman–Crippen MR) is 32.5 cm³/mol. The number of nitrogens with one attached hydrogen (secondary N) is 1. The third-order valence-corrected chi connectivity index (χ3v) is 1.19. The summed E-state index contributed by atoms with van der Waals surface area (Å²) in [6.07, 6.45) is 0.656. The summed E-state index contributed by atoms with van der Waals surface area (Å²) in [4.78, 5) is 22.7. The van der Waals surface area contributed by atoms with E-state index in [1.165, 1.54) is 0 Å². The molecule has 1 rings (SSSR count). The van der Waals surface area contributed by atoms with E-state index in [4.69, 9.17) is 11.8 Å². The highest BCUT2D eigenvalue weighted by Crippen LogP contribution is 1.80. The molecule has 1 aromatic rings. The van der Waals surface area contributed by atoms with Gasteiger partial charge in [0.2, 0.25) is 5.82 Å². The number of aromatic amines is 1. The van der Waals surface area contributed by atoms with Crippen LogP contribution in [0.1, 0.15) is 0 Å². The molecule has 0 aromatic carbocycles. The van der Waals surface area contributed by atoms with Crippen LogP contribution in [0, 0.1) is 5.82 Å². The third-order valence-electron chi connectivity index (χ3n) is 0.883. The fraction of sp³-hybridized carbons (Fsp3) is 0. The zero-order valence-electron chi connectivity index (χ0n) is 4.60. The van der Waals surface area contributed by atoms with Gasteiger partial charge < -0.3 is 4.98 Å². The van der Waals surface area contributed by atoms with Gasteiger partial charge in [-0.1, -0.05) is 0 Å². The number of rotatable bonds is 0. The molecule has 1 heterocycles. The van der Waals surface area contributed by atoms with Crippen molar-refractivity contribution >= 4 is 11.8 Å². The van der Waals surface area contributed by atoms with E-state index in [-0.39, 0.29) is 4.09 Å². The van der Waals surface area contributed by atoms with Crippen molar-refractivity contribution in [3.8, 4) is 0 Å². The van der Waals surface area contributed by atoms with Crippen molar-refractivity contribution in [2.45, 2.75) is 0 Å². The smallest absolute Gasteiger partial charge is 0.310 e. The van der Waals surface area contributed by atoms with E-state index in [2.05, 4.69) is 0 Å². The lowest BCUT2D eigenvalue weighted by Crippen LogP contribution is -2.30. The normalized spacial score (nSPS) is 9.80. The van der Waals surface area contributed by atoms with Gasteiger partial charge in [0.1, 0.15) is 0 Å². The van der Waals surface area contributed by atoms with Gasteiger partial charge in [-0.15, -0.1) is 0 Å². The molecule has 6 heteroatoms. The molecule has 0 aliphatic heterocycles. The molecule has 1 N–H and O–H groups in total. The highest BCUT2D eigenvalue weighted by Gasteiger charge is 2.02. The summed E-state index contributed by atoms with van der Waals surface area (Å²) in [7, 11) is 0. The average Bonchev–Trinajstić information content (AvgIpc) is 1.93. The van der Waals surface area contributed by atoms with E-state index in [9.17, 15) is 14.0 Å². The van der Waals surface area contributed by atoms with E-state index in [0.29, 0.717) is 6.20 Å². The number of hydrogen-bond donors (Lipinski definition) is 1. The second-order valence-corrected chi connectivity index (χ2v) is 1.87. The molecule has 0 unspecified atom stereocenters. The minimum absolute atomic E-state index is 0.134. The van der Waals surface area contributed by atoms with Crippen molar-refractivity contribution in [1.29, 1.82) is 0 Å². The van der Waals surface area contributed by atoms with Crippen LogP contribution in [0.3, 0.4) is 0 Å². The zero-order valence-corrected chi connectivity index (χ0v) is 5.35. The van der Waals surface area contributed by atoms with Gasteiger partial charge in [0.05, 0.1) is 0 Å². The lowest BCUT2D eigenvalue weighted by atomic mass is 10.6. The second kappa shape index (κ2) is 2.26. The molecule has 0 atom stereocenters. The molecule has 10 heavy (non-hydrogen) atoms. The van der Waals surface area contributed by atoms with Crippen molar-refractivity contribution in [3.05, 3.63) is 32.9 Å². The SMILES string of the molecule is O=c1[nH]cc(F)c(=O)n1Cl. The van der Waals surface area contributed by atoms with Crippen LogP contribution < -0.4 is 11.2 Å². The van der Waals surface area contributed by atoms with E-state index in [1.807, 2.05) is 4.98 Å². The van der Waals surface area contributed by atoms with E-state index in [0.717, 1.165) is 0 Å². The van der Waals surface area contributed by atoms with Crippen LogP contribution in [0.25, 0.3) is 0 Å². The molecule has 54 valence electrons. The van der Waals surface area contributed by atoms with Gasteiger partial charge in [-0.25, -0.2) is 4.79 Å². The van der Waals surface area contributed by atoms with Gasteiger partial charge in [0.15, 0.2) is 0 Å². The predicted octanol–water partition coefficient (Wildman–Crippen LogP) is -0.322. The minimum Gasteiger partial charge on any atom is -0.310 e. The number of H-pyrrole nitrogens is 1. The molecule has 0 amide bonds. The zero-order chi connectivity index (χ0) is 7.72. The summed E-state index contributed by atoms with van der Waals surface area (Å²) in [5.74, 6) is -1.09. The third kappa shape index (κ3) is 0.950. The van der Waals surface area contributed by atoms with E-state index in [1.54, 1.807) is 0 Å². The molecule has 0 aliphatic carbocycles. The van der Waals surface area contributed by atoms with E-state index < -0.39 is 17.1 Å².